The van der Waals surface area contributed by atoms with Gasteiger partial charge in [-0.15, -0.1) is 0 Å². The second kappa shape index (κ2) is 6.35. The Kier molecular flexibility index (Phi) is 6.29. The molecule has 0 aliphatic rings. The quantitative estimate of drug-likeness (QED) is 0.659. The molecule has 0 rings (SSSR count). The van der Waals surface area contributed by atoms with E-state index in [-0.39, 0.29) is 12.1 Å². The Morgan fingerprint density at radius 1 is 1.31 bits per heavy atom. The van der Waals surface area contributed by atoms with Crippen LogP contribution in [0, 0.1) is 0 Å². The van der Waals surface area contributed by atoms with Gasteiger partial charge in [-0.1, -0.05) is 0 Å². The molecule has 80 valence electrons. The Balaban J connectivity index is 3.79. The highest BCUT2D eigenvalue weighted by atomic mass is 16.5. The Bertz CT molecular complexity index is 121. The number of nitrogens with one attached hydrogen (secondary N) is 1. The standard InChI is InChI=1S/C10H23NO2/c1-10(2,3)11-9(5-7-12)6-8-13-4/h9,11-12H,5-8H2,1-4H3. The summed E-state index contributed by atoms with van der Waals surface area (Å²) in [5.74, 6) is 0. The third-order valence-electron chi connectivity index (χ3n) is 1.79. The first kappa shape index (κ1) is 12.9. The molecule has 0 amide bonds. The van der Waals surface area contributed by atoms with E-state index in [1.807, 2.05) is 0 Å². The van der Waals surface area contributed by atoms with E-state index in [1.54, 1.807) is 7.11 Å². The molecule has 0 aromatic rings. The second-order valence-electron chi connectivity index (χ2n) is 4.39. The molecule has 3 nitrogen and oxygen atoms in total. The first-order valence-corrected chi connectivity index (χ1v) is 4.87. The van der Waals surface area contributed by atoms with Crippen LogP contribution in [0.1, 0.15) is 33.6 Å². The highest BCUT2D eigenvalue weighted by molar-refractivity contribution is 4.77. The van der Waals surface area contributed by atoms with Crippen LogP contribution in [-0.2, 0) is 4.74 Å². The third-order valence-corrected chi connectivity index (χ3v) is 1.79. The summed E-state index contributed by atoms with van der Waals surface area (Å²) in [5.41, 5.74) is 0.105. The van der Waals surface area contributed by atoms with Gasteiger partial charge < -0.3 is 15.2 Å². The summed E-state index contributed by atoms with van der Waals surface area (Å²) >= 11 is 0. The van der Waals surface area contributed by atoms with Crippen molar-refractivity contribution in [3.05, 3.63) is 0 Å². The minimum absolute atomic E-state index is 0.105. The van der Waals surface area contributed by atoms with E-state index >= 15 is 0 Å². The van der Waals surface area contributed by atoms with Gasteiger partial charge in [-0.2, -0.15) is 0 Å². The fourth-order valence-electron chi connectivity index (χ4n) is 1.32. The van der Waals surface area contributed by atoms with Gasteiger partial charge in [0, 0.05) is 31.9 Å². The van der Waals surface area contributed by atoms with Crippen molar-refractivity contribution in [1.29, 1.82) is 0 Å². The van der Waals surface area contributed by atoms with Gasteiger partial charge in [0.2, 0.25) is 0 Å². The summed E-state index contributed by atoms with van der Waals surface area (Å²) in [6, 6.07) is 0.352. The van der Waals surface area contributed by atoms with Gasteiger partial charge in [0.05, 0.1) is 0 Å². The smallest absolute Gasteiger partial charge is 0.0477 e. The van der Waals surface area contributed by atoms with E-state index < -0.39 is 0 Å². The van der Waals surface area contributed by atoms with E-state index in [9.17, 15) is 0 Å². The zero-order chi connectivity index (χ0) is 10.3. The Hall–Kier alpha value is -0.120. The highest BCUT2D eigenvalue weighted by Crippen LogP contribution is 2.06. The van der Waals surface area contributed by atoms with Crippen LogP contribution in [0.4, 0.5) is 0 Å². The number of aliphatic hydroxyl groups excluding tert-OH is 1. The van der Waals surface area contributed by atoms with Crippen molar-refractivity contribution < 1.29 is 9.84 Å². The molecule has 1 atom stereocenters. The topological polar surface area (TPSA) is 41.5 Å². The summed E-state index contributed by atoms with van der Waals surface area (Å²) in [4.78, 5) is 0. The lowest BCUT2D eigenvalue weighted by Crippen LogP contribution is -2.44. The first-order valence-electron chi connectivity index (χ1n) is 4.87. The molecule has 0 aromatic heterocycles. The average molecular weight is 189 g/mol. The summed E-state index contributed by atoms with van der Waals surface area (Å²) in [7, 11) is 1.70. The lowest BCUT2D eigenvalue weighted by atomic mass is 10.0. The molecule has 13 heavy (non-hydrogen) atoms. The second-order valence-corrected chi connectivity index (χ2v) is 4.39. The summed E-state index contributed by atoms with van der Waals surface area (Å²) in [6.07, 6.45) is 1.74. The molecule has 1 unspecified atom stereocenters. The maximum Gasteiger partial charge on any atom is 0.0477 e. The zero-order valence-electron chi connectivity index (χ0n) is 9.26. The largest absolute Gasteiger partial charge is 0.396 e. The Morgan fingerprint density at radius 3 is 2.31 bits per heavy atom. The molecule has 0 aliphatic heterocycles. The first-order chi connectivity index (χ1) is 5.99. The van der Waals surface area contributed by atoms with Gasteiger partial charge in [-0.05, 0) is 33.6 Å². The van der Waals surface area contributed by atoms with Crippen LogP contribution in [-0.4, -0.2) is 37.0 Å². The maximum absolute atomic E-state index is 8.85. The molecule has 0 fully saturated rings. The monoisotopic (exact) mass is 189 g/mol. The predicted molar refractivity (Wildman–Crippen MR) is 54.9 cm³/mol. The number of hydrogen-bond donors (Lipinski definition) is 2. The molecule has 0 aliphatic carbocycles. The molecule has 0 aromatic carbocycles. The van der Waals surface area contributed by atoms with Crippen LogP contribution in [0.2, 0.25) is 0 Å². The van der Waals surface area contributed by atoms with Crippen LogP contribution in [0.15, 0.2) is 0 Å². The molecule has 0 radical (unpaired) electrons. The van der Waals surface area contributed by atoms with Crippen molar-refractivity contribution in [1.82, 2.24) is 5.32 Å². The third kappa shape index (κ3) is 8.22. The van der Waals surface area contributed by atoms with Crippen molar-refractivity contribution in [2.45, 2.75) is 45.2 Å². The van der Waals surface area contributed by atoms with Gasteiger partial charge in [-0.3, -0.25) is 0 Å². The van der Waals surface area contributed by atoms with E-state index in [0.29, 0.717) is 6.04 Å². The number of ether oxygens (including phenoxy) is 1. The van der Waals surface area contributed by atoms with E-state index in [1.165, 1.54) is 0 Å². The fraction of sp³-hybridized carbons (Fsp3) is 1.00. The van der Waals surface area contributed by atoms with E-state index in [0.717, 1.165) is 19.4 Å². The van der Waals surface area contributed by atoms with Gasteiger partial charge in [0.25, 0.3) is 0 Å². The predicted octanol–water partition coefficient (Wildman–Crippen LogP) is 1.16. The number of hydrogen-bond acceptors (Lipinski definition) is 3. The van der Waals surface area contributed by atoms with Gasteiger partial charge in [-0.25, -0.2) is 0 Å². The maximum atomic E-state index is 8.85. The Morgan fingerprint density at radius 2 is 1.92 bits per heavy atom. The molecular weight excluding hydrogens is 166 g/mol. The highest BCUT2D eigenvalue weighted by Gasteiger charge is 2.16. The number of aliphatic hydroxyl groups is 1. The van der Waals surface area contributed by atoms with Crippen molar-refractivity contribution in [2.24, 2.45) is 0 Å². The summed E-state index contributed by atoms with van der Waals surface area (Å²) < 4.78 is 5.01. The van der Waals surface area contributed by atoms with E-state index in [4.69, 9.17) is 9.84 Å². The lowest BCUT2D eigenvalue weighted by molar-refractivity contribution is 0.164. The van der Waals surface area contributed by atoms with Crippen molar-refractivity contribution >= 4 is 0 Å². The minimum atomic E-state index is 0.105. The number of rotatable bonds is 6. The molecule has 0 heterocycles. The minimum Gasteiger partial charge on any atom is -0.396 e. The van der Waals surface area contributed by atoms with Crippen molar-refractivity contribution in [3.63, 3.8) is 0 Å². The van der Waals surface area contributed by atoms with Crippen LogP contribution in [0.3, 0.4) is 0 Å². The van der Waals surface area contributed by atoms with Gasteiger partial charge in [0.1, 0.15) is 0 Å². The molecule has 2 N–H and O–H groups in total. The van der Waals surface area contributed by atoms with E-state index in [2.05, 4.69) is 26.1 Å². The fourth-order valence-corrected chi connectivity index (χ4v) is 1.32. The SMILES string of the molecule is COCCC(CCO)NC(C)(C)C. The normalized spacial score (nSPS) is 14.5. The van der Waals surface area contributed by atoms with Crippen LogP contribution in [0.25, 0.3) is 0 Å². The Labute approximate surface area is 81.5 Å². The van der Waals surface area contributed by atoms with Gasteiger partial charge in [0.15, 0.2) is 0 Å². The molecule has 0 bridgehead atoms. The molecule has 3 heteroatoms. The molecule has 0 spiro atoms. The lowest BCUT2D eigenvalue weighted by Gasteiger charge is -2.28. The van der Waals surface area contributed by atoms with Crippen molar-refractivity contribution in [3.8, 4) is 0 Å². The zero-order valence-corrected chi connectivity index (χ0v) is 9.26. The van der Waals surface area contributed by atoms with Crippen LogP contribution in [0.5, 0.6) is 0 Å². The average Bonchev–Trinajstić information content (AvgIpc) is 1.98. The molecular formula is C10H23NO2. The van der Waals surface area contributed by atoms with Crippen molar-refractivity contribution in [2.75, 3.05) is 20.3 Å². The summed E-state index contributed by atoms with van der Waals surface area (Å²) in [5, 5.41) is 12.3. The number of methoxy groups -OCH3 is 1. The molecule has 0 saturated heterocycles. The van der Waals surface area contributed by atoms with Crippen LogP contribution < -0.4 is 5.32 Å². The summed E-state index contributed by atoms with van der Waals surface area (Å²) in [6.45, 7) is 7.36. The van der Waals surface area contributed by atoms with Gasteiger partial charge >= 0.3 is 0 Å². The molecule has 0 saturated carbocycles. The van der Waals surface area contributed by atoms with Crippen LogP contribution >= 0.6 is 0 Å².